The minimum Gasteiger partial charge on any atom is -0.370 e. The molecule has 2 amide bonds. The summed E-state index contributed by atoms with van der Waals surface area (Å²) in [5.74, 6) is 0.170. The second-order valence-corrected chi connectivity index (χ2v) is 6.50. The molecule has 0 radical (unpaired) electrons. The maximum atomic E-state index is 12.2. The molecule has 0 spiro atoms. The number of carbonyl (C=O) groups is 2. The molecular formula is C15H16N2O2S2. The first kappa shape index (κ1) is 15.6. The lowest BCUT2D eigenvalue weighted by Gasteiger charge is -2.10. The maximum absolute atomic E-state index is 12.2. The van der Waals surface area contributed by atoms with Crippen LogP contribution in [-0.2, 0) is 4.79 Å². The monoisotopic (exact) mass is 320 g/mol. The van der Waals surface area contributed by atoms with Crippen LogP contribution in [0.1, 0.15) is 21.7 Å². The first-order valence-electron chi connectivity index (χ1n) is 6.43. The van der Waals surface area contributed by atoms with Gasteiger partial charge in [0.15, 0.2) is 0 Å². The van der Waals surface area contributed by atoms with Crippen molar-refractivity contribution in [1.82, 2.24) is 0 Å². The molecule has 21 heavy (non-hydrogen) atoms. The highest BCUT2D eigenvalue weighted by molar-refractivity contribution is 7.99. The minimum atomic E-state index is -0.321. The van der Waals surface area contributed by atoms with Crippen LogP contribution < -0.4 is 11.1 Å². The van der Waals surface area contributed by atoms with Crippen LogP contribution in [0.15, 0.2) is 40.6 Å². The smallest absolute Gasteiger partial charge is 0.266 e. The van der Waals surface area contributed by atoms with Gasteiger partial charge in [-0.2, -0.15) is 0 Å². The number of hydrogen-bond acceptors (Lipinski definition) is 4. The van der Waals surface area contributed by atoms with E-state index in [0.29, 0.717) is 17.1 Å². The van der Waals surface area contributed by atoms with Crippen molar-refractivity contribution < 1.29 is 9.59 Å². The molecule has 110 valence electrons. The van der Waals surface area contributed by atoms with E-state index in [1.807, 2.05) is 42.6 Å². The largest absolute Gasteiger partial charge is 0.370 e. The van der Waals surface area contributed by atoms with E-state index in [1.165, 1.54) is 23.1 Å². The average Bonchev–Trinajstić information content (AvgIpc) is 2.86. The molecule has 1 heterocycles. The average molecular weight is 320 g/mol. The van der Waals surface area contributed by atoms with Crippen LogP contribution >= 0.6 is 23.1 Å². The molecule has 6 heteroatoms. The van der Waals surface area contributed by atoms with Crippen LogP contribution in [0.2, 0.25) is 0 Å². The Balaban J connectivity index is 2.07. The van der Waals surface area contributed by atoms with Crippen LogP contribution in [0, 0.1) is 6.92 Å². The van der Waals surface area contributed by atoms with Crippen LogP contribution in [0.25, 0.3) is 0 Å². The second kappa shape index (κ2) is 7.28. The van der Waals surface area contributed by atoms with Crippen molar-refractivity contribution in [2.24, 2.45) is 5.73 Å². The SMILES string of the molecule is Cc1ccsc1C(=O)Nc1ccccc1SCCC(N)=O. The Morgan fingerprint density at radius 3 is 2.71 bits per heavy atom. The third-order valence-corrected chi connectivity index (χ3v) is 4.90. The van der Waals surface area contributed by atoms with Gasteiger partial charge in [-0.05, 0) is 36.1 Å². The lowest BCUT2D eigenvalue weighted by molar-refractivity contribution is -0.117. The number of thiophene rings is 1. The summed E-state index contributed by atoms with van der Waals surface area (Å²) in [6.07, 6.45) is 0.316. The first-order chi connectivity index (χ1) is 10.1. The number of anilines is 1. The standard InChI is InChI=1S/C15H16N2O2S2/c1-10-6-8-21-14(10)15(19)17-11-4-2-3-5-12(11)20-9-7-13(16)18/h2-6,8H,7,9H2,1H3,(H2,16,18)(H,17,19). The lowest BCUT2D eigenvalue weighted by Crippen LogP contribution is -2.12. The van der Waals surface area contributed by atoms with Crippen molar-refractivity contribution in [2.75, 3.05) is 11.1 Å². The number of nitrogens with two attached hydrogens (primary N) is 1. The quantitative estimate of drug-likeness (QED) is 0.802. The Kier molecular flexibility index (Phi) is 5.41. The van der Waals surface area contributed by atoms with Crippen LogP contribution in [0.5, 0.6) is 0 Å². The highest BCUT2D eigenvalue weighted by atomic mass is 32.2. The molecule has 1 aromatic heterocycles. The van der Waals surface area contributed by atoms with E-state index in [1.54, 1.807) is 0 Å². The second-order valence-electron chi connectivity index (χ2n) is 4.45. The number of hydrogen-bond donors (Lipinski definition) is 2. The summed E-state index contributed by atoms with van der Waals surface area (Å²) in [4.78, 5) is 24.7. The zero-order chi connectivity index (χ0) is 15.2. The highest BCUT2D eigenvalue weighted by Crippen LogP contribution is 2.28. The maximum Gasteiger partial charge on any atom is 0.266 e. The number of nitrogens with one attached hydrogen (secondary N) is 1. The molecule has 3 N–H and O–H groups in total. The fourth-order valence-corrected chi connectivity index (χ4v) is 3.53. The van der Waals surface area contributed by atoms with Crippen molar-refractivity contribution in [3.8, 4) is 0 Å². The van der Waals surface area contributed by atoms with Crippen molar-refractivity contribution in [3.05, 3.63) is 46.2 Å². The number of benzene rings is 1. The zero-order valence-electron chi connectivity index (χ0n) is 11.6. The summed E-state index contributed by atoms with van der Waals surface area (Å²) < 4.78 is 0. The van der Waals surface area contributed by atoms with Gasteiger partial charge < -0.3 is 11.1 Å². The van der Waals surface area contributed by atoms with E-state index in [0.717, 1.165) is 16.1 Å². The summed E-state index contributed by atoms with van der Waals surface area (Å²) in [6, 6.07) is 9.47. The molecule has 1 aromatic carbocycles. The van der Waals surface area contributed by atoms with Crippen molar-refractivity contribution in [2.45, 2.75) is 18.2 Å². The van der Waals surface area contributed by atoms with Gasteiger partial charge in [0.2, 0.25) is 5.91 Å². The molecule has 4 nitrogen and oxygen atoms in total. The van der Waals surface area contributed by atoms with E-state index >= 15 is 0 Å². The Bertz CT molecular complexity index is 653. The molecule has 0 bridgehead atoms. The van der Waals surface area contributed by atoms with Gasteiger partial charge >= 0.3 is 0 Å². The molecule has 0 saturated carbocycles. The predicted octanol–water partition coefficient (Wildman–Crippen LogP) is 3.28. The van der Waals surface area contributed by atoms with Crippen LogP contribution in [-0.4, -0.2) is 17.6 Å². The van der Waals surface area contributed by atoms with E-state index in [-0.39, 0.29) is 11.8 Å². The van der Waals surface area contributed by atoms with Crippen LogP contribution in [0.3, 0.4) is 0 Å². The summed E-state index contributed by atoms with van der Waals surface area (Å²) in [5, 5.41) is 4.83. The molecule has 0 aliphatic heterocycles. The van der Waals surface area contributed by atoms with Gasteiger partial charge in [0.1, 0.15) is 0 Å². The predicted molar refractivity (Wildman–Crippen MR) is 88.0 cm³/mol. The number of amides is 2. The minimum absolute atomic E-state index is 0.106. The van der Waals surface area contributed by atoms with Crippen molar-refractivity contribution in [1.29, 1.82) is 0 Å². The van der Waals surface area contributed by atoms with Gasteiger partial charge in [0, 0.05) is 17.1 Å². The summed E-state index contributed by atoms with van der Waals surface area (Å²) in [7, 11) is 0. The van der Waals surface area contributed by atoms with Gasteiger partial charge in [0.25, 0.3) is 5.91 Å². The Morgan fingerprint density at radius 2 is 2.05 bits per heavy atom. The number of carbonyl (C=O) groups excluding carboxylic acids is 2. The number of rotatable bonds is 6. The normalized spacial score (nSPS) is 10.3. The summed E-state index contributed by atoms with van der Waals surface area (Å²) in [6.45, 7) is 1.92. The molecule has 0 saturated heterocycles. The molecule has 0 fully saturated rings. The summed E-state index contributed by atoms with van der Waals surface area (Å²) in [5.41, 5.74) is 6.86. The highest BCUT2D eigenvalue weighted by Gasteiger charge is 2.12. The Morgan fingerprint density at radius 1 is 1.29 bits per heavy atom. The third-order valence-electron chi connectivity index (χ3n) is 2.81. The number of primary amides is 1. The van der Waals surface area contributed by atoms with E-state index in [9.17, 15) is 9.59 Å². The van der Waals surface area contributed by atoms with Gasteiger partial charge in [0.05, 0.1) is 10.6 Å². The van der Waals surface area contributed by atoms with Gasteiger partial charge in [-0.1, -0.05) is 12.1 Å². The Labute approximate surface area is 131 Å². The topological polar surface area (TPSA) is 72.2 Å². The molecule has 0 aliphatic rings. The van der Waals surface area contributed by atoms with Gasteiger partial charge in [-0.15, -0.1) is 23.1 Å². The van der Waals surface area contributed by atoms with E-state index in [2.05, 4.69) is 5.32 Å². The summed E-state index contributed by atoms with van der Waals surface area (Å²) >= 11 is 2.93. The van der Waals surface area contributed by atoms with Gasteiger partial charge in [-0.25, -0.2) is 0 Å². The van der Waals surface area contributed by atoms with Crippen molar-refractivity contribution >= 4 is 40.6 Å². The van der Waals surface area contributed by atoms with E-state index < -0.39 is 0 Å². The third kappa shape index (κ3) is 4.34. The molecule has 0 atom stereocenters. The molecule has 0 aliphatic carbocycles. The lowest BCUT2D eigenvalue weighted by atomic mass is 10.2. The molecule has 0 unspecified atom stereocenters. The molecule has 2 rings (SSSR count). The first-order valence-corrected chi connectivity index (χ1v) is 8.30. The van der Waals surface area contributed by atoms with Crippen molar-refractivity contribution in [3.63, 3.8) is 0 Å². The van der Waals surface area contributed by atoms with E-state index in [4.69, 9.17) is 5.73 Å². The Hall–Kier alpha value is -1.79. The fraction of sp³-hybridized carbons (Fsp3) is 0.200. The zero-order valence-corrected chi connectivity index (χ0v) is 13.2. The van der Waals surface area contributed by atoms with Gasteiger partial charge in [-0.3, -0.25) is 9.59 Å². The number of para-hydroxylation sites is 1. The number of thioether (sulfide) groups is 1. The molecular weight excluding hydrogens is 304 g/mol. The molecule has 2 aromatic rings. The fourth-order valence-electron chi connectivity index (χ4n) is 1.74. The number of aryl methyl sites for hydroxylation is 1. The van der Waals surface area contributed by atoms with Crippen LogP contribution in [0.4, 0.5) is 5.69 Å².